The van der Waals surface area contributed by atoms with Crippen LogP contribution in [0.4, 0.5) is 18.9 Å². The summed E-state index contributed by atoms with van der Waals surface area (Å²) in [5.41, 5.74) is 2.94. The molecule has 238 valence electrons. The number of nitrogen functional groups attached to an aromatic ring is 1. The number of nitrogens with two attached hydrogens (primary N) is 1. The Morgan fingerprint density at radius 1 is 1.11 bits per heavy atom. The third-order valence-corrected chi connectivity index (χ3v) is 7.79. The molecular weight excluding hydrogens is 623 g/mol. The number of hydrogen-bond donors (Lipinski definition) is 4. The van der Waals surface area contributed by atoms with E-state index in [0.717, 1.165) is 25.0 Å². The number of aromatic nitrogens is 1. The zero-order valence-corrected chi connectivity index (χ0v) is 25.5. The molecule has 4 aromatic rings. The van der Waals surface area contributed by atoms with Crippen molar-refractivity contribution in [3.05, 3.63) is 111 Å². The number of methoxy groups -OCH3 is 1. The molecule has 0 unspecified atom stereocenters. The van der Waals surface area contributed by atoms with Crippen LogP contribution in [0.3, 0.4) is 0 Å². The number of aliphatic imine (C=N–C) groups is 1. The SMILES string of the molecule is CNC(=O)c1cc([C@@](O)(CNC(=O)c2cc(C=NC3CC3)c(N)c(OC)c2)c2ccccc2)nc(-c2cc(Cl)c(F)cc2F)c1F. The summed E-state index contributed by atoms with van der Waals surface area (Å²) in [6, 6.07) is 13.4. The fraction of sp³-hybridized carbons (Fsp3) is 0.212. The Labute approximate surface area is 267 Å². The van der Waals surface area contributed by atoms with Gasteiger partial charge in [0.2, 0.25) is 0 Å². The number of benzene rings is 3. The van der Waals surface area contributed by atoms with E-state index in [0.29, 0.717) is 17.3 Å². The molecule has 1 aliphatic rings. The van der Waals surface area contributed by atoms with Gasteiger partial charge in [-0.3, -0.25) is 14.6 Å². The van der Waals surface area contributed by atoms with E-state index in [1.54, 1.807) is 24.4 Å². The Bertz CT molecular complexity index is 1850. The van der Waals surface area contributed by atoms with E-state index >= 15 is 4.39 Å². The van der Waals surface area contributed by atoms with Crippen LogP contribution in [0.1, 0.15) is 50.4 Å². The number of amides is 2. The average Bonchev–Trinajstić information content (AvgIpc) is 3.89. The van der Waals surface area contributed by atoms with Crippen molar-refractivity contribution in [2.24, 2.45) is 4.99 Å². The fourth-order valence-corrected chi connectivity index (χ4v) is 4.92. The smallest absolute Gasteiger partial charge is 0.254 e. The lowest BCUT2D eigenvalue weighted by atomic mass is 9.88. The molecule has 1 fully saturated rings. The number of ether oxygens (including phenoxy) is 1. The maximum absolute atomic E-state index is 15.8. The number of halogens is 4. The predicted octanol–water partition coefficient (Wildman–Crippen LogP) is 5.02. The van der Waals surface area contributed by atoms with Crippen LogP contribution >= 0.6 is 11.6 Å². The molecule has 46 heavy (non-hydrogen) atoms. The van der Waals surface area contributed by atoms with Gasteiger partial charge in [-0.25, -0.2) is 18.2 Å². The van der Waals surface area contributed by atoms with Gasteiger partial charge in [0.25, 0.3) is 11.8 Å². The fourth-order valence-electron chi connectivity index (χ4n) is 4.75. The van der Waals surface area contributed by atoms with Gasteiger partial charge in [0.15, 0.2) is 5.82 Å². The summed E-state index contributed by atoms with van der Waals surface area (Å²) in [6.45, 7) is -0.536. The van der Waals surface area contributed by atoms with Gasteiger partial charge in [0.05, 0.1) is 41.7 Å². The first kappa shape index (κ1) is 32.5. The van der Waals surface area contributed by atoms with Gasteiger partial charge in [0, 0.05) is 36.0 Å². The molecule has 1 atom stereocenters. The lowest BCUT2D eigenvalue weighted by molar-refractivity contribution is 0.0664. The minimum Gasteiger partial charge on any atom is -0.495 e. The summed E-state index contributed by atoms with van der Waals surface area (Å²) in [5.74, 6) is -4.84. The molecule has 9 nitrogen and oxygen atoms in total. The van der Waals surface area contributed by atoms with E-state index in [1.165, 1.54) is 38.4 Å². The van der Waals surface area contributed by atoms with Crippen molar-refractivity contribution in [3.8, 4) is 17.0 Å². The summed E-state index contributed by atoms with van der Waals surface area (Å²) >= 11 is 5.87. The van der Waals surface area contributed by atoms with E-state index in [4.69, 9.17) is 22.1 Å². The summed E-state index contributed by atoms with van der Waals surface area (Å²) in [5, 5.41) is 16.7. The van der Waals surface area contributed by atoms with E-state index in [9.17, 15) is 23.5 Å². The molecule has 0 radical (unpaired) electrons. The largest absolute Gasteiger partial charge is 0.495 e. The van der Waals surface area contributed by atoms with Crippen LogP contribution in [-0.4, -0.2) is 54.9 Å². The van der Waals surface area contributed by atoms with Crippen molar-refractivity contribution in [3.63, 3.8) is 0 Å². The first-order chi connectivity index (χ1) is 22.0. The van der Waals surface area contributed by atoms with Gasteiger partial charge in [-0.05, 0) is 42.7 Å². The Morgan fingerprint density at radius 2 is 1.83 bits per heavy atom. The molecule has 1 aromatic heterocycles. The minimum atomic E-state index is -2.20. The molecule has 1 aliphatic carbocycles. The van der Waals surface area contributed by atoms with Crippen LogP contribution in [0.15, 0.2) is 65.7 Å². The number of carbonyl (C=O) groups is 2. The normalized spacial score (nSPS) is 14.2. The molecule has 2 amide bonds. The Hall–Kier alpha value is -4.94. The van der Waals surface area contributed by atoms with Gasteiger partial charge in [-0.2, -0.15) is 0 Å². The number of hydrogen-bond acceptors (Lipinski definition) is 7. The molecule has 1 saturated carbocycles. The van der Waals surface area contributed by atoms with Gasteiger partial charge < -0.3 is 26.2 Å². The summed E-state index contributed by atoms with van der Waals surface area (Å²) < 4.78 is 50.1. The monoisotopic (exact) mass is 651 g/mol. The van der Waals surface area contributed by atoms with E-state index in [1.807, 2.05) is 0 Å². The summed E-state index contributed by atoms with van der Waals surface area (Å²) in [7, 11) is 2.66. The molecule has 3 aromatic carbocycles. The average molecular weight is 652 g/mol. The highest BCUT2D eigenvalue weighted by molar-refractivity contribution is 6.31. The quantitative estimate of drug-likeness (QED) is 0.108. The van der Waals surface area contributed by atoms with Gasteiger partial charge in [-0.1, -0.05) is 41.9 Å². The van der Waals surface area contributed by atoms with Crippen LogP contribution in [0.25, 0.3) is 11.3 Å². The first-order valence-corrected chi connectivity index (χ1v) is 14.5. The Morgan fingerprint density at radius 3 is 2.48 bits per heavy atom. The molecule has 0 bridgehead atoms. The Kier molecular flexibility index (Phi) is 9.31. The van der Waals surface area contributed by atoms with E-state index < -0.39 is 63.3 Å². The molecule has 0 aliphatic heterocycles. The van der Waals surface area contributed by atoms with Gasteiger partial charge >= 0.3 is 0 Å². The van der Waals surface area contributed by atoms with Crippen LogP contribution in [0, 0.1) is 17.5 Å². The Balaban J connectivity index is 1.60. The zero-order valence-electron chi connectivity index (χ0n) is 24.7. The van der Waals surface area contributed by atoms with Crippen molar-refractivity contribution >= 4 is 35.3 Å². The summed E-state index contributed by atoms with van der Waals surface area (Å²) in [4.78, 5) is 34.9. The number of anilines is 1. The second kappa shape index (κ2) is 13.2. The van der Waals surface area contributed by atoms with E-state index in [-0.39, 0.29) is 28.6 Å². The lowest BCUT2D eigenvalue weighted by Crippen LogP contribution is -2.42. The standard InChI is InChI=1S/C33H29ClF3N5O4/c1-39-32(44)22-13-27(42-30(28(22)37)21-12-23(34)25(36)14-24(21)35)33(45,19-6-4-3-5-7-19)16-41-31(43)17-10-18(15-40-20-8-9-20)29(38)26(11-17)46-2/h3-7,10-15,20,45H,8-9,16,38H2,1-2H3,(H,39,44)(H,41,43)/t33-/m1/s1. The van der Waals surface area contributed by atoms with Gasteiger partial charge in [0.1, 0.15) is 28.7 Å². The zero-order chi connectivity index (χ0) is 33.2. The third-order valence-electron chi connectivity index (χ3n) is 7.50. The lowest BCUT2D eigenvalue weighted by Gasteiger charge is -2.30. The first-order valence-electron chi connectivity index (χ1n) is 14.1. The van der Waals surface area contributed by atoms with Crippen molar-refractivity contribution < 1.29 is 32.6 Å². The van der Waals surface area contributed by atoms with Crippen molar-refractivity contribution in [2.45, 2.75) is 24.5 Å². The highest BCUT2D eigenvalue weighted by Crippen LogP contribution is 2.35. The number of aliphatic hydroxyl groups is 1. The number of pyridine rings is 1. The summed E-state index contributed by atoms with van der Waals surface area (Å²) in [6.07, 6.45) is 3.51. The van der Waals surface area contributed by atoms with Crippen molar-refractivity contribution in [2.75, 3.05) is 26.4 Å². The second-order valence-electron chi connectivity index (χ2n) is 10.6. The van der Waals surface area contributed by atoms with Gasteiger partial charge in [-0.15, -0.1) is 0 Å². The van der Waals surface area contributed by atoms with Crippen LogP contribution in [0.2, 0.25) is 5.02 Å². The van der Waals surface area contributed by atoms with Crippen LogP contribution in [-0.2, 0) is 5.60 Å². The molecule has 5 N–H and O–H groups in total. The molecule has 0 spiro atoms. The predicted molar refractivity (Wildman–Crippen MR) is 168 cm³/mol. The molecule has 5 rings (SSSR count). The van der Waals surface area contributed by atoms with E-state index in [2.05, 4.69) is 20.6 Å². The number of rotatable bonds is 10. The maximum Gasteiger partial charge on any atom is 0.254 e. The second-order valence-corrected chi connectivity index (χ2v) is 11.0. The van der Waals surface area contributed by atoms with Crippen molar-refractivity contribution in [1.29, 1.82) is 0 Å². The molecule has 1 heterocycles. The maximum atomic E-state index is 15.8. The molecule has 13 heteroatoms. The highest BCUT2D eigenvalue weighted by atomic mass is 35.5. The van der Waals surface area contributed by atoms with Crippen LogP contribution < -0.4 is 21.1 Å². The molecule has 0 saturated heterocycles. The highest BCUT2D eigenvalue weighted by Gasteiger charge is 2.37. The third kappa shape index (κ3) is 6.53. The molecular formula is C33H29ClF3N5O4. The van der Waals surface area contributed by atoms with Crippen LogP contribution in [0.5, 0.6) is 5.75 Å². The number of nitrogens with zero attached hydrogens (tertiary/aromatic N) is 2. The number of nitrogens with one attached hydrogen (secondary N) is 2. The topological polar surface area (TPSA) is 139 Å². The number of carbonyl (C=O) groups excluding carboxylic acids is 2. The van der Waals surface area contributed by atoms with Crippen molar-refractivity contribution in [1.82, 2.24) is 15.6 Å². The minimum absolute atomic E-state index is 0.139.